The first kappa shape index (κ1) is 16.2. The van der Waals surface area contributed by atoms with Gasteiger partial charge in [-0.25, -0.2) is 9.78 Å². The van der Waals surface area contributed by atoms with Crippen LogP contribution in [0.5, 0.6) is 5.88 Å². The lowest BCUT2D eigenvalue weighted by atomic mass is 10.2. The van der Waals surface area contributed by atoms with Gasteiger partial charge in [0.2, 0.25) is 17.7 Å². The van der Waals surface area contributed by atoms with Crippen molar-refractivity contribution in [3.05, 3.63) is 29.6 Å². The van der Waals surface area contributed by atoms with Crippen LogP contribution in [-0.4, -0.2) is 53.0 Å². The molecule has 3 rings (SSSR count). The van der Waals surface area contributed by atoms with Crippen LogP contribution >= 0.6 is 0 Å². The maximum Gasteiger partial charge on any atom is 0.322 e. The molecule has 9 heteroatoms. The van der Waals surface area contributed by atoms with Crippen LogP contribution in [0.4, 0.5) is 10.5 Å². The predicted octanol–water partition coefficient (Wildman–Crippen LogP) is 1.70. The van der Waals surface area contributed by atoms with Crippen molar-refractivity contribution < 1.29 is 18.7 Å². The van der Waals surface area contributed by atoms with Gasteiger partial charge in [0, 0.05) is 19.7 Å². The molecule has 1 unspecified atom stereocenters. The average molecular weight is 333 g/mol. The summed E-state index contributed by atoms with van der Waals surface area (Å²) in [5.74, 6) is 1.16. The van der Waals surface area contributed by atoms with Gasteiger partial charge in [0.25, 0.3) is 0 Å². The van der Waals surface area contributed by atoms with E-state index in [2.05, 4.69) is 20.5 Å². The van der Waals surface area contributed by atoms with E-state index in [9.17, 15) is 4.79 Å². The molecule has 128 valence electrons. The number of carbonyl (C=O) groups excluding carboxylic acids is 1. The number of pyridine rings is 1. The van der Waals surface area contributed by atoms with E-state index < -0.39 is 6.04 Å². The molecule has 0 aromatic carbocycles. The molecule has 1 aliphatic heterocycles. The fourth-order valence-electron chi connectivity index (χ4n) is 2.49. The van der Waals surface area contributed by atoms with E-state index in [4.69, 9.17) is 13.9 Å². The number of methoxy groups -OCH3 is 1. The second-order valence-corrected chi connectivity index (χ2v) is 5.44. The van der Waals surface area contributed by atoms with Crippen molar-refractivity contribution >= 4 is 11.7 Å². The summed E-state index contributed by atoms with van der Waals surface area (Å²) in [5.41, 5.74) is 1.42. The molecular formula is C15H19N5O4. The highest BCUT2D eigenvalue weighted by molar-refractivity contribution is 5.91. The molecule has 2 amide bonds. The molecule has 1 atom stereocenters. The lowest BCUT2D eigenvalue weighted by Gasteiger charge is -2.33. The van der Waals surface area contributed by atoms with Gasteiger partial charge < -0.3 is 24.1 Å². The van der Waals surface area contributed by atoms with Crippen LogP contribution in [0.2, 0.25) is 0 Å². The molecule has 9 nitrogen and oxygen atoms in total. The van der Waals surface area contributed by atoms with Crippen LogP contribution in [0.3, 0.4) is 0 Å². The molecule has 0 radical (unpaired) electrons. The van der Waals surface area contributed by atoms with Gasteiger partial charge in [0.15, 0.2) is 0 Å². The number of ether oxygens (including phenoxy) is 2. The van der Waals surface area contributed by atoms with Crippen molar-refractivity contribution in [1.82, 2.24) is 20.1 Å². The van der Waals surface area contributed by atoms with E-state index in [-0.39, 0.29) is 6.03 Å². The van der Waals surface area contributed by atoms with Crippen molar-refractivity contribution in [2.75, 3.05) is 32.2 Å². The number of urea groups is 1. The summed E-state index contributed by atoms with van der Waals surface area (Å²) in [7, 11) is 1.51. The second-order valence-electron chi connectivity index (χ2n) is 5.44. The molecule has 0 saturated carbocycles. The largest absolute Gasteiger partial charge is 0.480 e. The van der Waals surface area contributed by atoms with Crippen molar-refractivity contribution in [3.63, 3.8) is 0 Å². The third-order valence-electron chi connectivity index (χ3n) is 3.64. The Hall–Kier alpha value is -2.68. The topological polar surface area (TPSA) is 103 Å². The van der Waals surface area contributed by atoms with Crippen LogP contribution in [0.1, 0.15) is 23.4 Å². The van der Waals surface area contributed by atoms with Crippen LogP contribution in [-0.2, 0) is 4.74 Å². The molecule has 3 heterocycles. The predicted molar refractivity (Wildman–Crippen MR) is 83.8 cm³/mol. The van der Waals surface area contributed by atoms with E-state index in [0.717, 1.165) is 5.56 Å². The number of anilines is 1. The maximum atomic E-state index is 12.7. The number of aryl methyl sites for hydroxylation is 2. The Bertz CT molecular complexity index is 732. The quantitative estimate of drug-likeness (QED) is 0.911. The number of aromatic nitrogens is 3. The van der Waals surface area contributed by atoms with E-state index in [0.29, 0.717) is 43.1 Å². The lowest BCUT2D eigenvalue weighted by Crippen LogP contribution is -2.45. The van der Waals surface area contributed by atoms with Gasteiger partial charge in [-0.3, -0.25) is 0 Å². The van der Waals surface area contributed by atoms with Crippen molar-refractivity contribution in [3.8, 4) is 5.88 Å². The number of morpholine rings is 1. The highest BCUT2D eigenvalue weighted by atomic mass is 16.5. The maximum absolute atomic E-state index is 12.7. The number of hydrogen-bond acceptors (Lipinski definition) is 7. The van der Waals surface area contributed by atoms with E-state index >= 15 is 0 Å². The molecular weight excluding hydrogens is 314 g/mol. The first-order chi connectivity index (χ1) is 11.6. The van der Waals surface area contributed by atoms with E-state index in [1.165, 1.54) is 7.11 Å². The van der Waals surface area contributed by atoms with Gasteiger partial charge >= 0.3 is 6.03 Å². The number of carbonyl (C=O) groups is 1. The van der Waals surface area contributed by atoms with Crippen molar-refractivity contribution in [1.29, 1.82) is 0 Å². The molecule has 0 bridgehead atoms. The highest BCUT2D eigenvalue weighted by Crippen LogP contribution is 2.26. The average Bonchev–Trinajstić information content (AvgIpc) is 3.01. The second kappa shape index (κ2) is 6.83. The summed E-state index contributed by atoms with van der Waals surface area (Å²) in [5, 5.41) is 10.7. The summed E-state index contributed by atoms with van der Waals surface area (Å²) in [6.07, 6.45) is 1.67. The van der Waals surface area contributed by atoms with Crippen molar-refractivity contribution in [2.24, 2.45) is 0 Å². The van der Waals surface area contributed by atoms with Gasteiger partial charge in [-0.15, -0.1) is 10.2 Å². The minimum Gasteiger partial charge on any atom is -0.480 e. The van der Waals surface area contributed by atoms with Crippen molar-refractivity contribution in [2.45, 2.75) is 19.9 Å². The zero-order chi connectivity index (χ0) is 17.1. The first-order valence-electron chi connectivity index (χ1n) is 7.54. The Morgan fingerprint density at radius 2 is 2.25 bits per heavy atom. The summed E-state index contributed by atoms with van der Waals surface area (Å²) in [6.45, 7) is 4.76. The molecule has 2 aromatic rings. The fraction of sp³-hybridized carbons (Fsp3) is 0.467. The summed E-state index contributed by atoms with van der Waals surface area (Å²) in [6, 6.07) is 1.07. The lowest BCUT2D eigenvalue weighted by molar-refractivity contribution is 0.00510. The number of hydrogen-bond donors (Lipinski definition) is 1. The fourth-order valence-corrected chi connectivity index (χ4v) is 2.49. The Labute approximate surface area is 139 Å². The summed E-state index contributed by atoms with van der Waals surface area (Å²) >= 11 is 0. The van der Waals surface area contributed by atoms with Gasteiger partial charge in [-0.2, -0.15) is 0 Å². The normalized spacial score (nSPS) is 17.6. The Morgan fingerprint density at radius 1 is 1.42 bits per heavy atom. The smallest absolute Gasteiger partial charge is 0.322 e. The van der Waals surface area contributed by atoms with E-state index in [1.807, 2.05) is 6.92 Å². The molecule has 24 heavy (non-hydrogen) atoms. The third-order valence-corrected chi connectivity index (χ3v) is 3.64. The summed E-state index contributed by atoms with van der Waals surface area (Å²) in [4.78, 5) is 18.5. The van der Waals surface area contributed by atoms with Gasteiger partial charge in [0.1, 0.15) is 11.7 Å². The Kier molecular flexibility index (Phi) is 4.61. The van der Waals surface area contributed by atoms with E-state index in [1.54, 1.807) is 24.1 Å². The number of rotatable bonds is 3. The van der Waals surface area contributed by atoms with Gasteiger partial charge in [0.05, 0.1) is 20.3 Å². The van der Waals surface area contributed by atoms with Crippen LogP contribution in [0.25, 0.3) is 0 Å². The minimum absolute atomic E-state index is 0.301. The number of amides is 2. The van der Waals surface area contributed by atoms with Crippen LogP contribution < -0.4 is 10.1 Å². The highest BCUT2D eigenvalue weighted by Gasteiger charge is 2.33. The van der Waals surface area contributed by atoms with Gasteiger partial charge in [-0.05, 0) is 18.6 Å². The Morgan fingerprint density at radius 3 is 2.96 bits per heavy atom. The number of nitrogens with zero attached hydrogens (tertiary/aromatic N) is 4. The third kappa shape index (κ3) is 3.30. The molecule has 1 saturated heterocycles. The first-order valence-corrected chi connectivity index (χ1v) is 7.54. The minimum atomic E-state index is -0.427. The molecule has 1 fully saturated rings. The molecule has 0 aliphatic carbocycles. The SMILES string of the molecule is COc1ncc(C)cc1NC(=O)N1CCOCC1c1nnc(C)o1. The number of nitrogens with one attached hydrogen (secondary N) is 1. The Balaban J connectivity index is 1.81. The van der Waals surface area contributed by atoms with Gasteiger partial charge in [-0.1, -0.05) is 0 Å². The molecule has 1 N–H and O–H groups in total. The van der Waals surface area contributed by atoms with Crippen LogP contribution in [0.15, 0.2) is 16.7 Å². The molecule has 2 aromatic heterocycles. The zero-order valence-corrected chi connectivity index (χ0v) is 13.8. The molecule has 1 aliphatic rings. The monoisotopic (exact) mass is 333 g/mol. The van der Waals surface area contributed by atoms with Crippen LogP contribution in [0, 0.1) is 13.8 Å². The molecule has 0 spiro atoms. The standard InChI is InChI=1S/C15H19N5O4/c1-9-6-11(13(22-3)16-7-9)17-15(21)20-4-5-23-8-12(20)14-19-18-10(2)24-14/h6-7,12H,4-5,8H2,1-3H3,(H,17,21). The summed E-state index contributed by atoms with van der Waals surface area (Å²) < 4.78 is 16.1. The zero-order valence-electron chi connectivity index (χ0n) is 13.8.